The van der Waals surface area contributed by atoms with E-state index in [1.165, 1.54) is 4.90 Å². The predicted octanol–water partition coefficient (Wildman–Crippen LogP) is 5.79. The molecule has 4 rings (SSSR count). The number of anilines is 2. The molecule has 0 radical (unpaired) electrons. The van der Waals surface area contributed by atoms with E-state index in [0.717, 1.165) is 16.7 Å². The maximum absolute atomic E-state index is 13.0. The fourth-order valence-electron chi connectivity index (χ4n) is 3.62. The number of para-hydroxylation sites is 2. The van der Waals surface area contributed by atoms with Crippen molar-refractivity contribution in [1.82, 2.24) is 0 Å². The van der Waals surface area contributed by atoms with Crippen LogP contribution >= 0.6 is 11.8 Å². The summed E-state index contributed by atoms with van der Waals surface area (Å²) in [6.45, 7) is 2.59. The number of hydrogen-bond donors (Lipinski definition) is 1. The molecule has 8 heteroatoms. The highest BCUT2D eigenvalue weighted by Crippen LogP contribution is 2.41. The Hall–Kier alpha value is -4.01. The van der Waals surface area contributed by atoms with E-state index in [4.69, 9.17) is 13.9 Å². The van der Waals surface area contributed by atoms with Crippen molar-refractivity contribution in [1.29, 1.82) is 0 Å². The van der Waals surface area contributed by atoms with Gasteiger partial charge >= 0.3 is 5.63 Å². The zero-order chi connectivity index (χ0) is 25.5. The molecule has 0 atom stereocenters. The Morgan fingerprint density at radius 1 is 0.972 bits per heavy atom. The Morgan fingerprint density at radius 2 is 1.67 bits per heavy atom. The molecule has 1 N–H and O–H groups in total. The molecular formula is C28H25NO6S. The van der Waals surface area contributed by atoms with Crippen molar-refractivity contribution in [2.24, 2.45) is 0 Å². The lowest BCUT2D eigenvalue weighted by atomic mass is 10.0. The van der Waals surface area contributed by atoms with Gasteiger partial charge in [0.1, 0.15) is 28.8 Å². The monoisotopic (exact) mass is 503 g/mol. The molecule has 36 heavy (non-hydrogen) atoms. The van der Waals surface area contributed by atoms with Gasteiger partial charge in [-0.2, -0.15) is 0 Å². The number of rotatable bonds is 10. The minimum Gasteiger partial charge on any atom is -0.506 e. The number of amides is 1. The molecule has 1 heterocycles. The number of nitrogens with zero attached hydrogens (tertiary/aromatic N) is 1. The Kier molecular flexibility index (Phi) is 8.10. The van der Waals surface area contributed by atoms with Gasteiger partial charge in [0.25, 0.3) is 0 Å². The summed E-state index contributed by atoms with van der Waals surface area (Å²) in [5, 5.41) is 11.0. The summed E-state index contributed by atoms with van der Waals surface area (Å²) in [5.41, 5.74) is 1.40. The lowest BCUT2D eigenvalue weighted by molar-refractivity contribution is -0.106. The Balaban J connectivity index is 1.67. The van der Waals surface area contributed by atoms with Crippen molar-refractivity contribution in [3.8, 4) is 22.8 Å². The van der Waals surface area contributed by atoms with Gasteiger partial charge in [0.15, 0.2) is 0 Å². The van der Waals surface area contributed by atoms with Crippen molar-refractivity contribution in [3.63, 3.8) is 0 Å². The molecule has 0 fully saturated rings. The van der Waals surface area contributed by atoms with Crippen LogP contribution in [0.15, 0.2) is 97.9 Å². The average molecular weight is 504 g/mol. The molecule has 4 aromatic rings. The largest absolute Gasteiger partial charge is 0.506 e. The number of aromatic hydroxyl groups is 1. The van der Waals surface area contributed by atoms with Crippen molar-refractivity contribution in [2.75, 3.05) is 25.2 Å². The molecule has 0 aliphatic carbocycles. The van der Waals surface area contributed by atoms with Gasteiger partial charge < -0.3 is 19.0 Å². The summed E-state index contributed by atoms with van der Waals surface area (Å²) in [5.74, 6) is 0.704. The Bertz CT molecular complexity index is 1390. The smallest absolute Gasteiger partial charge is 0.354 e. The van der Waals surface area contributed by atoms with E-state index in [1.54, 1.807) is 74.7 Å². The number of methoxy groups -OCH3 is 1. The molecule has 0 aliphatic heterocycles. The molecule has 1 aromatic heterocycles. The molecule has 184 valence electrons. The Morgan fingerprint density at radius 3 is 2.36 bits per heavy atom. The SMILES string of the molecule is COCCOc1ccc(Sc2c(O)c(C)c(-c3ccccc3N(C=O)c3ccccc3)oc2=O)cc1. The third-order valence-electron chi connectivity index (χ3n) is 5.44. The highest BCUT2D eigenvalue weighted by atomic mass is 32.2. The van der Waals surface area contributed by atoms with Crippen LogP contribution in [-0.2, 0) is 9.53 Å². The molecule has 1 amide bonds. The highest BCUT2D eigenvalue weighted by molar-refractivity contribution is 7.99. The number of carbonyl (C=O) groups is 1. The standard InChI is InChI=1S/C28H25NO6S/c1-19-25(31)27(36-22-14-12-21(13-15-22)34-17-16-33-2)28(32)35-26(19)23-10-6-7-11-24(23)29(18-30)20-8-4-3-5-9-20/h3-15,18,31H,16-17H2,1-2H3. The summed E-state index contributed by atoms with van der Waals surface area (Å²) >= 11 is 1.10. The second-order valence-corrected chi connectivity index (χ2v) is 8.85. The van der Waals surface area contributed by atoms with E-state index in [1.807, 2.05) is 18.2 Å². The fraction of sp³-hybridized carbons (Fsp3) is 0.143. The number of ether oxygens (including phenoxy) is 2. The van der Waals surface area contributed by atoms with Crippen LogP contribution in [0.5, 0.6) is 11.5 Å². The van der Waals surface area contributed by atoms with E-state index in [2.05, 4.69) is 0 Å². The second kappa shape index (κ2) is 11.6. The summed E-state index contributed by atoms with van der Waals surface area (Å²) in [7, 11) is 1.61. The number of hydrogen-bond acceptors (Lipinski definition) is 7. The molecule has 7 nitrogen and oxygen atoms in total. The second-order valence-electron chi connectivity index (χ2n) is 7.76. The molecule has 0 aliphatic rings. The molecule has 0 bridgehead atoms. The number of benzene rings is 3. The van der Waals surface area contributed by atoms with Crippen LogP contribution in [0.1, 0.15) is 5.56 Å². The quantitative estimate of drug-likeness (QED) is 0.216. The fourth-order valence-corrected chi connectivity index (χ4v) is 4.51. The van der Waals surface area contributed by atoms with Crippen LogP contribution in [0.4, 0.5) is 11.4 Å². The first-order valence-electron chi connectivity index (χ1n) is 11.2. The van der Waals surface area contributed by atoms with E-state index in [-0.39, 0.29) is 16.4 Å². The van der Waals surface area contributed by atoms with Gasteiger partial charge in [-0.1, -0.05) is 42.1 Å². The molecule has 0 saturated carbocycles. The van der Waals surface area contributed by atoms with Gasteiger partial charge in [-0.3, -0.25) is 9.69 Å². The zero-order valence-corrected chi connectivity index (χ0v) is 20.7. The van der Waals surface area contributed by atoms with Crippen LogP contribution < -0.4 is 15.3 Å². The van der Waals surface area contributed by atoms with Crippen LogP contribution in [0.25, 0.3) is 11.3 Å². The van der Waals surface area contributed by atoms with Gasteiger partial charge in [0, 0.05) is 28.8 Å². The van der Waals surface area contributed by atoms with Crippen LogP contribution in [0, 0.1) is 6.92 Å². The minimum absolute atomic E-state index is 0.0806. The first kappa shape index (κ1) is 25.1. The normalized spacial score (nSPS) is 10.7. The third-order valence-corrected chi connectivity index (χ3v) is 6.51. The van der Waals surface area contributed by atoms with E-state index in [9.17, 15) is 14.7 Å². The summed E-state index contributed by atoms with van der Waals surface area (Å²) in [6.07, 6.45) is 0.703. The van der Waals surface area contributed by atoms with E-state index < -0.39 is 5.63 Å². The Labute approximate surface area is 212 Å². The first-order chi connectivity index (χ1) is 17.5. The molecular weight excluding hydrogens is 478 g/mol. The van der Waals surface area contributed by atoms with Crippen molar-refractivity contribution in [2.45, 2.75) is 16.7 Å². The maximum atomic E-state index is 13.0. The summed E-state index contributed by atoms with van der Waals surface area (Å²) in [6, 6.07) is 23.4. The van der Waals surface area contributed by atoms with Gasteiger partial charge in [-0.15, -0.1) is 0 Å². The lowest BCUT2D eigenvalue weighted by Crippen LogP contribution is -2.15. The van der Waals surface area contributed by atoms with Crippen LogP contribution in [0.3, 0.4) is 0 Å². The van der Waals surface area contributed by atoms with Crippen LogP contribution in [0.2, 0.25) is 0 Å². The topological polar surface area (TPSA) is 89.2 Å². The van der Waals surface area contributed by atoms with Crippen molar-refractivity contribution < 1.29 is 23.8 Å². The minimum atomic E-state index is -0.675. The zero-order valence-electron chi connectivity index (χ0n) is 19.8. The third kappa shape index (κ3) is 5.45. The number of carbonyl (C=O) groups excluding carboxylic acids is 1. The van der Waals surface area contributed by atoms with Gasteiger partial charge in [0.2, 0.25) is 6.41 Å². The molecule has 0 saturated heterocycles. The van der Waals surface area contributed by atoms with Gasteiger partial charge in [-0.05, 0) is 55.5 Å². The van der Waals surface area contributed by atoms with Gasteiger partial charge in [-0.25, -0.2) is 4.79 Å². The predicted molar refractivity (Wildman–Crippen MR) is 139 cm³/mol. The highest BCUT2D eigenvalue weighted by Gasteiger charge is 2.22. The van der Waals surface area contributed by atoms with E-state index >= 15 is 0 Å². The molecule has 0 spiro atoms. The average Bonchev–Trinajstić information content (AvgIpc) is 2.91. The van der Waals surface area contributed by atoms with E-state index in [0.29, 0.717) is 47.9 Å². The van der Waals surface area contributed by atoms with Crippen molar-refractivity contribution in [3.05, 3.63) is 94.8 Å². The lowest BCUT2D eigenvalue weighted by Gasteiger charge is -2.21. The van der Waals surface area contributed by atoms with Gasteiger partial charge in [0.05, 0.1) is 12.3 Å². The summed E-state index contributed by atoms with van der Waals surface area (Å²) in [4.78, 5) is 27.3. The van der Waals surface area contributed by atoms with Crippen molar-refractivity contribution >= 4 is 29.5 Å². The summed E-state index contributed by atoms with van der Waals surface area (Å²) < 4.78 is 16.3. The molecule has 3 aromatic carbocycles. The van der Waals surface area contributed by atoms with Crippen LogP contribution in [-0.4, -0.2) is 31.8 Å². The first-order valence-corrected chi connectivity index (χ1v) is 12.0. The molecule has 0 unspecified atom stereocenters. The maximum Gasteiger partial charge on any atom is 0.354 e.